The Morgan fingerprint density at radius 3 is 2.71 bits per heavy atom. The van der Waals surface area contributed by atoms with Gasteiger partial charge >= 0.3 is 5.97 Å². The Hall–Kier alpha value is -2.24. The van der Waals surface area contributed by atoms with E-state index in [1.807, 2.05) is 0 Å². The number of methoxy groups -OCH3 is 1. The second kappa shape index (κ2) is 6.03. The van der Waals surface area contributed by atoms with Crippen LogP contribution in [0.3, 0.4) is 0 Å². The summed E-state index contributed by atoms with van der Waals surface area (Å²) >= 11 is 0. The second-order valence-corrected chi connectivity index (χ2v) is 5.18. The van der Waals surface area contributed by atoms with Crippen molar-refractivity contribution in [2.24, 2.45) is 5.92 Å². The third kappa shape index (κ3) is 2.79. The fraction of sp³-hybridized carbons (Fsp3) is 0.467. The van der Waals surface area contributed by atoms with Gasteiger partial charge in [-0.15, -0.1) is 0 Å². The molecule has 2 rings (SSSR count). The number of hydrogen-bond acceptors (Lipinski definition) is 4. The molecule has 1 aromatic rings. The van der Waals surface area contributed by atoms with Crippen molar-refractivity contribution in [1.29, 1.82) is 0 Å². The fourth-order valence-electron chi connectivity index (χ4n) is 2.77. The number of phenolic OH excluding ortho intramolecular Hbond substituents is 1. The third-order valence-electron chi connectivity index (χ3n) is 4.02. The molecule has 1 amide bonds. The zero-order valence-electron chi connectivity index (χ0n) is 12.1. The van der Waals surface area contributed by atoms with Crippen molar-refractivity contribution in [2.45, 2.75) is 25.8 Å². The van der Waals surface area contributed by atoms with E-state index in [1.165, 1.54) is 18.1 Å². The van der Waals surface area contributed by atoms with Crippen LogP contribution in [0.15, 0.2) is 18.2 Å². The maximum atomic E-state index is 12.6. The predicted molar refractivity (Wildman–Crippen MR) is 75.5 cm³/mol. The molecule has 21 heavy (non-hydrogen) atoms. The minimum absolute atomic E-state index is 0.132. The van der Waals surface area contributed by atoms with E-state index < -0.39 is 17.9 Å². The maximum absolute atomic E-state index is 12.6. The molecule has 0 bridgehead atoms. The van der Waals surface area contributed by atoms with Gasteiger partial charge in [0.25, 0.3) is 5.91 Å². The monoisotopic (exact) mass is 293 g/mol. The van der Waals surface area contributed by atoms with Crippen molar-refractivity contribution in [3.8, 4) is 11.5 Å². The van der Waals surface area contributed by atoms with E-state index in [0.717, 1.165) is 0 Å². The number of aromatic hydroxyl groups is 1. The van der Waals surface area contributed by atoms with Crippen molar-refractivity contribution in [1.82, 2.24) is 4.90 Å². The van der Waals surface area contributed by atoms with E-state index in [2.05, 4.69) is 0 Å². The fourth-order valence-corrected chi connectivity index (χ4v) is 2.77. The maximum Gasteiger partial charge on any atom is 0.308 e. The lowest BCUT2D eigenvalue weighted by Gasteiger charge is -2.37. The first-order chi connectivity index (χ1) is 9.97. The molecule has 0 radical (unpaired) electrons. The normalized spacial score (nSPS) is 21.9. The molecule has 6 heteroatoms. The number of aliphatic carboxylic acids is 1. The van der Waals surface area contributed by atoms with Crippen LogP contribution in [0.2, 0.25) is 0 Å². The highest BCUT2D eigenvalue weighted by molar-refractivity contribution is 5.98. The van der Waals surface area contributed by atoms with Gasteiger partial charge in [0, 0.05) is 12.6 Å². The third-order valence-corrected chi connectivity index (χ3v) is 4.02. The molecule has 1 saturated heterocycles. The lowest BCUT2D eigenvalue weighted by Crippen LogP contribution is -2.49. The number of hydrogen-bond donors (Lipinski definition) is 2. The van der Waals surface area contributed by atoms with Crippen LogP contribution < -0.4 is 4.74 Å². The number of carboxylic acid groups (broad SMARTS) is 1. The van der Waals surface area contributed by atoms with Crippen LogP contribution in [-0.2, 0) is 4.79 Å². The quantitative estimate of drug-likeness (QED) is 0.886. The zero-order chi connectivity index (χ0) is 15.6. The zero-order valence-corrected chi connectivity index (χ0v) is 12.1. The lowest BCUT2D eigenvalue weighted by atomic mass is 9.89. The van der Waals surface area contributed by atoms with Gasteiger partial charge < -0.3 is 19.8 Å². The summed E-state index contributed by atoms with van der Waals surface area (Å²) in [7, 11) is 1.41. The van der Waals surface area contributed by atoms with Crippen LogP contribution >= 0.6 is 0 Å². The van der Waals surface area contributed by atoms with Gasteiger partial charge in [-0.3, -0.25) is 9.59 Å². The number of carbonyl (C=O) groups is 2. The van der Waals surface area contributed by atoms with Gasteiger partial charge in [0.15, 0.2) is 11.5 Å². The van der Waals surface area contributed by atoms with Crippen LogP contribution in [0.4, 0.5) is 0 Å². The summed E-state index contributed by atoms with van der Waals surface area (Å²) in [5.41, 5.74) is 0.132. The Morgan fingerprint density at radius 2 is 2.10 bits per heavy atom. The molecule has 0 spiro atoms. The molecular formula is C15H19NO5. The molecule has 0 aromatic heterocycles. The lowest BCUT2D eigenvalue weighted by molar-refractivity contribution is -0.144. The number of ether oxygens (including phenoxy) is 1. The number of para-hydroxylation sites is 1. The standard InChI is InChI=1S/C15H19NO5/c1-9-10(15(19)20)6-4-8-16(9)14(18)11-5-3-7-12(21-2)13(11)17/h3,5,7,9-10,17H,4,6,8H2,1-2H3,(H,19,20)/t9-,10-/m0/s1. The molecule has 0 saturated carbocycles. The summed E-state index contributed by atoms with van der Waals surface area (Å²) < 4.78 is 4.99. The number of likely N-dealkylation sites (tertiary alicyclic amines) is 1. The number of piperidine rings is 1. The molecule has 1 aromatic carbocycles. The number of amides is 1. The van der Waals surface area contributed by atoms with Crippen molar-refractivity contribution < 1.29 is 24.5 Å². The van der Waals surface area contributed by atoms with Gasteiger partial charge in [0.2, 0.25) is 0 Å². The van der Waals surface area contributed by atoms with Gasteiger partial charge in [-0.05, 0) is 31.9 Å². The summed E-state index contributed by atoms with van der Waals surface area (Å²) in [5.74, 6) is -1.83. The first kappa shape index (κ1) is 15.2. The molecule has 1 fully saturated rings. The first-order valence-electron chi connectivity index (χ1n) is 6.87. The second-order valence-electron chi connectivity index (χ2n) is 5.18. The SMILES string of the molecule is COc1cccc(C(=O)N2CCC[C@H](C(=O)O)[C@@H]2C)c1O. The van der Waals surface area contributed by atoms with Crippen LogP contribution in [-0.4, -0.2) is 46.7 Å². The van der Waals surface area contributed by atoms with Gasteiger partial charge in [-0.1, -0.05) is 6.07 Å². The summed E-state index contributed by atoms with van der Waals surface area (Å²) in [4.78, 5) is 25.3. The molecule has 0 unspecified atom stereocenters. The van der Waals surface area contributed by atoms with Crippen molar-refractivity contribution in [2.75, 3.05) is 13.7 Å². The Morgan fingerprint density at radius 1 is 1.38 bits per heavy atom. The minimum Gasteiger partial charge on any atom is -0.504 e. The van der Waals surface area contributed by atoms with Crippen molar-refractivity contribution >= 4 is 11.9 Å². The summed E-state index contributed by atoms with van der Waals surface area (Å²) in [6, 6.07) is 4.28. The minimum atomic E-state index is -0.894. The van der Waals surface area contributed by atoms with Crippen molar-refractivity contribution in [3.05, 3.63) is 23.8 Å². The van der Waals surface area contributed by atoms with Gasteiger partial charge in [0.05, 0.1) is 18.6 Å². The number of benzene rings is 1. The highest BCUT2D eigenvalue weighted by Crippen LogP contribution is 2.32. The highest BCUT2D eigenvalue weighted by atomic mass is 16.5. The average molecular weight is 293 g/mol. The molecule has 0 aliphatic carbocycles. The number of nitrogens with zero attached hydrogens (tertiary/aromatic N) is 1. The molecule has 6 nitrogen and oxygen atoms in total. The number of carboxylic acids is 1. The van der Waals surface area contributed by atoms with E-state index in [4.69, 9.17) is 4.74 Å². The topological polar surface area (TPSA) is 87.1 Å². The largest absolute Gasteiger partial charge is 0.504 e. The molecule has 2 atom stereocenters. The van der Waals surface area contributed by atoms with Gasteiger partial charge in [-0.25, -0.2) is 0 Å². The molecule has 1 aliphatic rings. The predicted octanol–water partition coefficient (Wildman–Crippen LogP) is 1.73. The van der Waals surface area contributed by atoms with Crippen LogP contribution in [0.1, 0.15) is 30.1 Å². The van der Waals surface area contributed by atoms with Crippen LogP contribution in [0.25, 0.3) is 0 Å². The highest BCUT2D eigenvalue weighted by Gasteiger charge is 2.36. The molecule has 114 valence electrons. The van der Waals surface area contributed by atoms with E-state index in [9.17, 15) is 19.8 Å². The first-order valence-corrected chi connectivity index (χ1v) is 6.87. The Bertz CT molecular complexity index is 557. The molecule has 1 heterocycles. The van der Waals surface area contributed by atoms with Crippen LogP contribution in [0.5, 0.6) is 11.5 Å². The number of phenols is 1. The van der Waals surface area contributed by atoms with Crippen molar-refractivity contribution in [3.63, 3.8) is 0 Å². The Balaban J connectivity index is 2.29. The van der Waals surface area contributed by atoms with Gasteiger partial charge in [-0.2, -0.15) is 0 Å². The number of carbonyl (C=O) groups excluding carboxylic acids is 1. The summed E-state index contributed by atoms with van der Waals surface area (Å²) in [6.07, 6.45) is 1.20. The summed E-state index contributed by atoms with van der Waals surface area (Å²) in [6.45, 7) is 2.22. The van der Waals surface area contributed by atoms with E-state index in [-0.39, 0.29) is 23.0 Å². The van der Waals surface area contributed by atoms with E-state index in [0.29, 0.717) is 19.4 Å². The molecular weight excluding hydrogens is 274 g/mol. The van der Waals surface area contributed by atoms with Gasteiger partial charge in [0.1, 0.15) is 0 Å². The van der Waals surface area contributed by atoms with E-state index >= 15 is 0 Å². The smallest absolute Gasteiger partial charge is 0.308 e. The number of rotatable bonds is 3. The molecule has 1 aliphatic heterocycles. The Labute approximate surface area is 122 Å². The summed E-state index contributed by atoms with van der Waals surface area (Å²) in [5, 5.41) is 19.3. The van der Waals surface area contributed by atoms with Crippen LogP contribution in [0, 0.1) is 5.92 Å². The average Bonchev–Trinajstić information content (AvgIpc) is 2.46. The van der Waals surface area contributed by atoms with E-state index in [1.54, 1.807) is 19.1 Å². The Kier molecular flexibility index (Phi) is 4.35. The molecule has 2 N–H and O–H groups in total.